The first-order valence-electron chi connectivity index (χ1n) is 18.4. The molecule has 0 radical (unpaired) electrons. The number of thioether (sulfide) groups is 2. The van der Waals surface area contributed by atoms with Crippen LogP contribution in [0.25, 0.3) is 56.0 Å². The molecular weight excluding hydrogens is 789 g/mol. The van der Waals surface area contributed by atoms with Crippen molar-refractivity contribution in [3.63, 3.8) is 0 Å². The Morgan fingerprint density at radius 2 is 0.864 bits per heavy atom. The number of pyridine rings is 2. The quantitative estimate of drug-likeness (QED) is 0.0632. The average molecular weight is 831 g/mol. The lowest BCUT2D eigenvalue weighted by Crippen LogP contribution is -2.38. The van der Waals surface area contributed by atoms with Gasteiger partial charge in [-0.15, -0.1) is 10.2 Å². The zero-order valence-electron chi connectivity index (χ0n) is 33.7. The van der Waals surface area contributed by atoms with Gasteiger partial charge in [-0.2, -0.15) is 9.13 Å². The summed E-state index contributed by atoms with van der Waals surface area (Å²) in [5.41, 5.74) is 5.63. The maximum absolute atomic E-state index is 5.71. The topological polar surface area (TPSA) is 146 Å². The lowest BCUT2D eigenvalue weighted by molar-refractivity contribution is -0.597. The van der Waals surface area contributed by atoms with Crippen LogP contribution in [0.2, 0.25) is 0 Å². The maximum Gasteiger partial charge on any atom is 0.423 e. The van der Waals surface area contributed by atoms with Gasteiger partial charge in [0.05, 0.1) is 59.1 Å². The predicted molar refractivity (Wildman–Crippen MR) is 227 cm³/mol. The first kappa shape index (κ1) is 39.3. The average Bonchev–Trinajstić information content (AvgIpc) is 3.94. The fourth-order valence-corrected chi connectivity index (χ4v) is 8.77. The van der Waals surface area contributed by atoms with Crippen molar-refractivity contribution in [3.05, 3.63) is 96.3 Å². The van der Waals surface area contributed by atoms with Gasteiger partial charge in [0, 0.05) is 21.9 Å². The number of aromatic nitrogens is 8. The van der Waals surface area contributed by atoms with Gasteiger partial charge in [-0.1, -0.05) is 33.7 Å². The zero-order chi connectivity index (χ0) is 41.2. The Bertz CT molecular complexity index is 2620. The van der Waals surface area contributed by atoms with Crippen LogP contribution in [0.15, 0.2) is 95.2 Å². The third-order valence-electron chi connectivity index (χ3n) is 9.94. The van der Waals surface area contributed by atoms with Gasteiger partial charge < -0.3 is 28.4 Å². The number of aryl methyl sites for hydroxylation is 2. The summed E-state index contributed by atoms with van der Waals surface area (Å²) in [4.78, 5) is 9.87. The number of fused-ring (bicyclic) bond motifs is 2. The number of aromatic amines is 2. The molecule has 0 spiro atoms. The molecule has 0 atom stereocenters. The Hall–Kier alpha value is -6.52. The van der Waals surface area contributed by atoms with Gasteiger partial charge in [-0.05, 0) is 120 Å². The summed E-state index contributed by atoms with van der Waals surface area (Å²) in [6.45, 7) is 4.08. The van der Waals surface area contributed by atoms with Crippen molar-refractivity contribution in [1.82, 2.24) is 30.4 Å². The number of hydrogen-bond acceptors (Lipinski definition) is 12. The molecule has 59 heavy (non-hydrogen) atoms. The highest BCUT2D eigenvalue weighted by molar-refractivity contribution is 8.15. The molecule has 8 rings (SSSR count). The van der Waals surface area contributed by atoms with Crippen molar-refractivity contribution in [2.75, 3.05) is 47.7 Å². The Kier molecular flexibility index (Phi) is 11.2. The predicted octanol–water partition coefficient (Wildman–Crippen LogP) is 7.63. The number of H-pyrrole nitrogens is 2. The molecule has 0 unspecified atom stereocenters. The molecule has 0 amide bonds. The van der Waals surface area contributed by atoms with Crippen molar-refractivity contribution in [1.29, 1.82) is 0 Å². The van der Waals surface area contributed by atoms with Crippen LogP contribution < -0.4 is 37.6 Å². The van der Waals surface area contributed by atoms with E-state index in [1.807, 2.05) is 86.6 Å². The van der Waals surface area contributed by atoms with Crippen LogP contribution in [0.3, 0.4) is 0 Å². The highest BCUT2D eigenvalue weighted by Gasteiger charge is 2.27. The Morgan fingerprint density at radius 1 is 0.492 bits per heavy atom. The van der Waals surface area contributed by atoms with Crippen LogP contribution >= 0.6 is 23.5 Å². The van der Waals surface area contributed by atoms with Gasteiger partial charge in [0.25, 0.3) is 10.3 Å². The summed E-state index contributed by atoms with van der Waals surface area (Å²) in [6.07, 6.45) is 0. The molecule has 0 aliphatic heterocycles. The molecule has 0 saturated carbocycles. The molecule has 16 heteroatoms. The van der Waals surface area contributed by atoms with Crippen LogP contribution in [-0.2, 0) is 0 Å². The fourth-order valence-electron chi connectivity index (χ4n) is 7.16. The highest BCUT2D eigenvalue weighted by atomic mass is 32.2. The minimum absolute atomic E-state index is 0.558. The lowest BCUT2D eigenvalue weighted by Gasteiger charge is -2.16. The summed E-state index contributed by atoms with van der Waals surface area (Å²) in [7, 11) is 9.85. The van der Waals surface area contributed by atoms with E-state index in [1.54, 1.807) is 42.7 Å². The Labute approximate surface area is 348 Å². The maximum atomic E-state index is 5.71. The van der Waals surface area contributed by atoms with E-state index in [9.17, 15) is 0 Å². The Morgan fingerprint density at radius 3 is 1.22 bits per heavy atom. The summed E-state index contributed by atoms with van der Waals surface area (Å²) in [5, 5.41) is 21.1. The molecule has 0 aliphatic rings. The fraction of sp³-hybridized carbons (Fsp3) is 0.209. The van der Waals surface area contributed by atoms with Crippen LogP contribution in [-0.4, -0.2) is 78.1 Å². The highest BCUT2D eigenvalue weighted by Crippen LogP contribution is 2.39. The van der Waals surface area contributed by atoms with Crippen LogP contribution in [0.1, 0.15) is 11.4 Å². The number of methoxy groups -OCH3 is 6. The number of nitrogens with one attached hydrogen (secondary N) is 2. The van der Waals surface area contributed by atoms with Gasteiger partial charge >= 0.3 is 11.9 Å². The molecule has 0 fully saturated rings. The summed E-state index contributed by atoms with van der Waals surface area (Å²) >= 11 is 2.97. The molecular formula is C43H42N8O6S2+2. The third kappa shape index (κ3) is 7.52. The molecule has 4 aromatic carbocycles. The van der Waals surface area contributed by atoms with Crippen molar-refractivity contribution in [2.45, 2.75) is 24.2 Å². The van der Waals surface area contributed by atoms with Gasteiger partial charge in [0.15, 0.2) is 23.0 Å². The van der Waals surface area contributed by atoms with Gasteiger partial charge in [0.2, 0.25) is 0 Å². The van der Waals surface area contributed by atoms with Crippen molar-refractivity contribution >= 4 is 45.1 Å². The summed E-state index contributed by atoms with van der Waals surface area (Å²) in [5.74, 6) is 5.21. The molecule has 4 aromatic heterocycles. The number of hydrogen-bond donors (Lipinski definition) is 2. The molecule has 300 valence electrons. The minimum Gasteiger partial charge on any atom is -0.497 e. The van der Waals surface area contributed by atoms with E-state index in [0.717, 1.165) is 66.9 Å². The smallest absolute Gasteiger partial charge is 0.423 e. The summed E-state index contributed by atoms with van der Waals surface area (Å²) < 4.78 is 37.7. The third-order valence-corrected chi connectivity index (χ3v) is 11.8. The van der Waals surface area contributed by atoms with Gasteiger partial charge in [-0.25, -0.2) is 0 Å². The SMILES string of the molecule is COc1ccc(-c2c3cc(OC)c(OC)cc3cc(C)[n+]2-c2nc(SCSc3n[nH]c(-[n+]4c(C)cc5cc(OC)c(OC)cc5c4-c4ccc(OC)cc4)n3)n[nH]2)cc1. The molecule has 0 aliphatic carbocycles. The van der Waals surface area contributed by atoms with Gasteiger partial charge in [-0.3, -0.25) is 0 Å². The van der Waals surface area contributed by atoms with Crippen LogP contribution in [0.5, 0.6) is 34.5 Å². The zero-order valence-corrected chi connectivity index (χ0v) is 35.4. The van der Waals surface area contributed by atoms with Crippen molar-refractivity contribution < 1.29 is 37.6 Å². The number of ether oxygens (including phenoxy) is 6. The second-order valence-electron chi connectivity index (χ2n) is 13.3. The lowest BCUT2D eigenvalue weighted by atomic mass is 10.0. The van der Waals surface area contributed by atoms with Gasteiger partial charge in [0.1, 0.15) is 22.9 Å². The largest absolute Gasteiger partial charge is 0.497 e. The standard InChI is InChI=1S/C43H42N8O6S2/c1-24-17-28-19-34(54-5)36(56-7)21-32(28)38(26-9-13-30(52-3)14-10-26)50(24)40-44-42(48-46-40)58-23-59-43-45-41(47-49-43)51-25(2)18-29-20-35(55-6)37(57-8)22-33(29)39(51)27-11-15-31(53-4)16-12-27/h9-22H,23H2,1-8H3,(H,44,46,48)(H,45,47,49)/q+2. The normalized spacial score (nSPS) is 11.3. The minimum atomic E-state index is 0.558. The molecule has 4 heterocycles. The van der Waals surface area contributed by atoms with E-state index in [0.29, 0.717) is 50.3 Å². The van der Waals surface area contributed by atoms with Crippen molar-refractivity contribution in [3.8, 4) is 68.9 Å². The van der Waals surface area contributed by atoms with E-state index < -0.39 is 0 Å². The molecule has 0 saturated heterocycles. The second kappa shape index (κ2) is 16.8. The first-order chi connectivity index (χ1) is 28.8. The van der Waals surface area contributed by atoms with Crippen LogP contribution in [0.4, 0.5) is 0 Å². The molecule has 14 nitrogen and oxygen atoms in total. The monoisotopic (exact) mass is 830 g/mol. The number of benzene rings is 4. The molecule has 8 aromatic rings. The second-order valence-corrected chi connectivity index (χ2v) is 15.5. The Balaban J connectivity index is 1.09. The van der Waals surface area contributed by atoms with E-state index in [4.69, 9.17) is 38.4 Å². The summed E-state index contributed by atoms with van der Waals surface area (Å²) in [6, 6.07) is 28.0. The number of nitrogens with zero attached hydrogens (tertiary/aromatic N) is 6. The van der Waals surface area contributed by atoms with E-state index >= 15 is 0 Å². The molecule has 2 N–H and O–H groups in total. The van der Waals surface area contributed by atoms with E-state index in [-0.39, 0.29) is 0 Å². The first-order valence-corrected chi connectivity index (χ1v) is 20.4. The van der Waals surface area contributed by atoms with E-state index in [2.05, 4.69) is 41.7 Å². The van der Waals surface area contributed by atoms with Crippen LogP contribution in [0, 0.1) is 13.8 Å². The van der Waals surface area contributed by atoms with Crippen molar-refractivity contribution in [2.24, 2.45) is 0 Å². The molecule has 0 bridgehead atoms. The van der Waals surface area contributed by atoms with E-state index in [1.165, 1.54) is 23.5 Å². The number of rotatable bonds is 14.